The van der Waals surface area contributed by atoms with Crippen molar-refractivity contribution < 1.29 is 19.1 Å². The highest BCUT2D eigenvalue weighted by Gasteiger charge is 2.27. The second-order valence-electron chi connectivity index (χ2n) is 3.92. The van der Waals surface area contributed by atoms with E-state index in [0.717, 1.165) is 0 Å². The first kappa shape index (κ1) is 16.4. The molecule has 0 atom stereocenters. The zero-order valence-corrected chi connectivity index (χ0v) is 11.9. The minimum absolute atomic E-state index is 0.166. The summed E-state index contributed by atoms with van der Waals surface area (Å²) in [6.07, 6.45) is 1.19. The molecule has 1 rings (SSSR count). The number of nitriles is 1. The molecule has 6 nitrogen and oxygen atoms in total. The number of rotatable bonds is 6. The number of benzene rings is 1. The molecule has 0 spiro atoms. The highest BCUT2D eigenvalue weighted by molar-refractivity contribution is 6.09. The van der Waals surface area contributed by atoms with Gasteiger partial charge in [-0.1, -0.05) is 0 Å². The molecule has 1 aromatic rings. The smallest absolute Gasteiger partial charge is 0.325 e. The summed E-state index contributed by atoms with van der Waals surface area (Å²) in [6.45, 7) is 3.63. The molecule has 6 heteroatoms. The van der Waals surface area contributed by atoms with E-state index in [9.17, 15) is 9.59 Å². The van der Waals surface area contributed by atoms with Gasteiger partial charge in [-0.25, -0.2) is 0 Å². The first-order valence-corrected chi connectivity index (χ1v) is 6.50. The Bertz CT molecular complexity index is 540. The van der Waals surface area contributed by atoms with Gasteiger partial charge in [0, 0.05) is 6.21 Å². The Morgan fingerprint density at radius 3 is 2.14 bits per heavy atom. The van der Waals surface area contributed by atoms with Crippen molar-refractivity contribution in [3.63, 3.8) is 0 Å². The van der Waals surface area contributed by atoms with Crippen LogP contribution in [-0.2, 0) is 19.1 Å². The Kier molecular flexibility index (Phi) is 6.61. The summed E-state index contributed by atoms with van der Waals surface area (Å²) in [5, 5.41) is 8.70. The molecule has 0 saturated heterocycles. The van der Waals surface area contributed by atoms with E-state index < -0.39 is 17.9 Å². The lowest BCUT2D eigenvalue weighted by Crippen LogP contribution is -2.29. The van der Waals surface area contributed by atoms with Gasteiger partial charge in [0.05, 0.1) is 30.5 Å². The van der Waals surface area contributed by atoms with Crippen LogP contribution >= 0.6 is 0 Å². The summed E-state index contributed by atoms with van der Waals surface area (Å²) >= 11 is 0. The van der Waals surface area contributed by atoms with Crippen molar-refractivity contribution in [1.29, 1.82) is 5.26 Å². The van der Waals surface area contributed by atoms with Gasteiger partial charge >= 0.3 is 11.9 Å². The predicted molar refractivity (Wildman–Crippen MR) is 76.1 cm³/mol. The zero-order valence-electron chi connectivity index (χ0n) is 11.9. The second-order valence-corrected chi connectivity index (χ2v) is 3.92. The summed E-state index contributed by atoms with van der Waals surface area (Å²) in [7, 11) is 0. The number of aliphatic imine (C=N–C) groups is 1. The molecule has 0 aliphatic rings. The molecule has 0 heterocycles. The van der Waals surface area contributed by atoms with Gasteiger partial charge in [0.15, 0.2) is 5.92 Å². The first-order valence-electron chi connectivity index (χ1n) is 6.50. The number of hydrogen-bond acceptors (Lipinski definition) is 6. The van der Waals surface area contributed by atoms with Crippen LogP contribution in [0.3, 0.4) is 0 Å². The van der Waals surface area contributed by atoms with Crippen molar-refractivity contribution in [2.45, 2.75) is 13.8 Å². The highest BCUT2D eigenvalue weighted by atomic mass is 16.6. The van der Waals surface area contributed by atoms with Crippen LogP contribution in [-0.4, -0.2) is 31.4 Å². The minimum atomic E-state index is -1.19. The number of ether oxygens (including phenoxy) is 2. The Balaban J connectivity index is 2.88. The molecule has 0 aliphatic carbocycles. The maximum Gasteiger partial charge on any atom is 0.325 e. The van der Waals surface area contributed by atoms with E-state index in [0.29, 0.717) is 11.3 Å². The normalized spacial score (nSPS) is 10.4. The average Bonchev–Trinajstić information content (AvgIpc) is 2.48. The van der Waals surface area contributed by atoms with Crippen LogP contribution in [0.15, 0.2) is 29.3 Å². The van der Waals surface area contributed by atoms with E-state index in [1.54, 1.807) is 38.1 Å². The molecule has 0 N–H and O–H groups in total. The summed E-state index contributed by atoms with van der Waals surface area (Å²) in [5.74, 6) is -2.60. The minimum Gasteiger partial charge on any atom is -0.465 e. The molecular weight excluding hydrogens is 272 g/mol. The van der Waals surface area contributed by atoms with E-state index >= 15 is 0 Å². The molecule has 0 aliphatic heterocycles. The highest BCUT2D eigenvalue weighted by Crippen LogP contribution is 2.13. The summed E-state index contributed by atoms with van der Waals surface area (Å²) in [4.78, 5) is 27.5. The van der Waals surface area contributed by atoms with E-state index in [2.05, 4.69) is 4.99 Å². The molecule has 0 radical (unpaired) electrons. The van der Waals surface area contributed by atoms with Gasteiger partial charge in [0.2, 0.25) is 0 Å². The number of carbonyl (C=O) groups is 2. The third-order valence-corrected chi connectivity index (χ3v) is 2.45. The van der Waals surface area contributed by atoms with Gasteiger partial charge in [0.1, 0.15) is 0 Å². The Morgan fingerprint density at radius 2 is 1.71 bits per heavy atom. The number of hydrogen-bond donors (Lipinski definition) is 0. The topological polar surface area (TPSA) is 88.8 Å². The van der Waals surface area contributed by atoms with Crippen LogP contribution in [0.5, 0.6) is 0 Å². The van der Waals surface area contributed by atoms with Crippen LogP contribution in [0.25, 0.3) is 0 Å². The van der Waals surface area contributed by atoms with Gasteiger partial charge in [0.25, 0.3) is 0 Å². The third kappa shape index (κ3) is 5.07. The van der Waals surface area contributed by atoms with Crippen molar-refractivity contribution in [2.75, 3.05) is 13.2 Å². The number of nitrogens with zero attached hydrogens (tertiary/aromatic N) is 2. The fourth-order valence-corrected chi connectivity index (χ4v) is 1.46. The van der Waals surface area contributed by atoms with Crippen molar-refractivity contribution in [1.82, 2.24) is 0 Å². The molecule has 0 bridgehead atoms. The fraction of sp³-hybridized carbons (Fsp3) is 0.333. The zero-order chi connectivity index (χ0) is 15.7. The van der Waals surface area contributed by atoms with Gasteiger partial charge in [-0.05, 0) is 38.1 Å². The van der Waals surface area contributed by atoms with Crippen LogP contribution in [0.2, 0.25) is 0 Å². The molecule has 0 unspecified atom stereocenters. The van der Waals surface area contributed by atoms with Crippen LogP contribution in [0, 0.1) is 17.2 Å². The van der Waals surface area contributed by atoms with Crippen LogP contribution < -0.4 is 0 Å². The maximum atomic E-state index is 11.7. The number of esters is 2. The molecule has 21 heavy (non-hydrogen) atoms. The van der Waals surface area contributed by atoms with Gasteiger partial charge in [-0.3, -0.25) is 14.6 Å². The largest absolute Gasteiger partial charge is 0.465 e. The second kappa shape index (κ2) is 8.48. The maximum absolute atomic E-state index is 11.7. The van der Waals surface area contributed by atoms with E-state index in [4.69, 9.17) is 14.7 Å². The summed E-state index contributed by atoms with van der Waals surface area (Å²) in [5.41, 5.74) is 1.02. The third-order valence-electron chi connectivity index (χ3n) is 2.45. The quantitative estimate of drug-likeness (QED) is 0.454. The molecule has 0 aromatic heterocycles. The molecule has 0 amide bonds. The molecule has 0 saturated carbocycles. The molecule has 110 valence electrons. The molecule has 0 fully saturated rings. The summed E-state index contributed by atoms with van der Waals surface area (Å²) < 4.78 is 9.64. The van der Waals surface area contributed by atoms with Crippen molar-refractivity contribution in [3.05, 3.63) is 29.8 Å². The standard InChI is InChI=1S/C15H16N2O4/c1-3-20-14(18)13(15(19)21-4-2)10-17-12-7-5-11(9-16)6-8-12/h5-8,10,13H,3-4H2,1-2H3. The van der Waals surface area contributed by atoms with Crippen molar-refractivity contribution in [2.24, 2.45) is 10.9 Å². The monoisotopic (exact) mass is 288 g/mol. The van der Waals surface area contributed by atoms with Gasteiger partial charge in [-0.15, -0.1) is 0 Å². The van der Waals surface area contributed by atoms with E-state index in [1.807, 2.05) is 6.07 Å². The van der Waals surface area contributed by atoms with Gasteiger partial charge in [-0.2, -0.15) is 5.26 Å². The van der Waals surface area contributed by atoms with Gasteiger partial charge < -0.3 is 9.47 Å². The lowest BCUT2D eigenvalue weighted by atomic mass is 10.1. The Hall–Kier alpha value is -2.68. The van der Waals surface area contributed by atoms with E-state index in [1.165, 1.54) is 6.21 Å². The lowest BCUT2D eigenvalue weighted by molar-refractivity contribution is -0.157. The van der Waals surface area contributed by atoms with Crippen molar-refractivity contribution in [3.8, 4) is 6.07 Å². The van der Waals surface area contributed by atoms with Crippen molar-refractivity contribution >= 4 is 23.8 Å². The Morgan fingerprint density at radius 1 is 1.19 bits per heavy atom. The van der Waals surface area contributed by atoms with E-state index in [-0.39, 0.29) is 13.2 Å². The lowest BCUT2D eigenvalue weighted by Gasteiger charge is -2.09. The van der Waals surface area contributed by atoms with Crippen LogP contribution in [0.4, 0.5) is 5.69 Å². The average molecular weight is 288 g/mol. The summed E-state index contributed by atoms with van der Waals surface area (Å²) in [6, 6.07) is 8.40. The fourth-order valence-electron chi connectivity index (χ4n) is 1.46. The SMILES string of the molecule is CCOC(=O)C(C=Nc1ccc(C#N)cc1)C(=O)OCC. The number of carbonyl (C=O) groups excluding carboxylic acids is 2. The first-order chi connectivity index (χ1) is 10.1. The molecular formula is C15H16N2O4. The predicted octanol–water partition coefficient (Wildman–Crippen LogP) is 2.00. The Labute approximate surface area is 123 Å². The molecule has 1 aromatic carbocycles. The van der Waals surface area contributed by atoms with Crippen LogP contribution in [0.1, 0.15) is 19.4 Å².